The first-order chi connectivity index (χ1) is 6.77. The Kier molecular flexibility index (Phi) is 4.55. The Hall–Kier alpha value is -0.940. The maximum Gasteiger partial charge on any atom is 0.138 e. The van der Waals surface area contributed by atoms with Gasteiger partial charge in [-0.15, -0.1) is 0 Å². The first-order valence-corrected chi connectivity index (χ1v) is 4.89. The van der Waals surface area contributed by atoms with Gasteiger partial charge in [-0.05, 0) is 13.3 Å². The lowest BCUT2D eigenvalue weighted by molar-refractivity contribution is 0.176. The van der Waals surface area contributed by atoms with E-state index in [-0.39, 0.29) is 6.04 Å². The molecule has 0 amide bonds. The number of ether oxygens (including phenoxy) is 1. The van der Waals surface area contributed by atoms with Crippen molar-refractivity contribution in [1.82, 2.24) is 14.8 Å². The second-order valence-electron chi connectivity index (χ2n) is 3.25. The van der Waals surface area contributed by atoms with E-state index in [1.165, 1.54) is 0 Å². The average Bonchev–Trinajstić information content (AvgIpc) is 2.62. The third-order valence-corrected chi connectivity index (χ3v) is 2.11. The van der Waals surface area contributed by atoms with Crippen molar-refractivity contribution >= 4 is 0 Å². The zero-order valence-electron chi connectivity index (χ0n) is 8.81. The summed E-state index contributed by atoms with van der Waals surface area (Å²) in [6.45, 7) is 3.50. The van der Waals surface area contributed by atoms with E-state index in [0.29, 0.717) is 6.61 Å². The van der Waals surface area contributed by atoms with Crippen molar-refractivity contribution in [2.24, 2.45) is 5.73 Å². The van der Waals surface area contributed by atoms with E-state index in [9.17, 15) is 0 Å². The Morgan fingerprint density at radius 3 is 3.07 bits per heavy atom. The number of nitrogens with two attached hydrogens (primary N) is 1. The zero-order valence-corrected chi connectivity index (χ0v) is 8.81. The van der Waals surface area contributed by atoms with Crippen molar-refractivity contribution in [2.45, 2.75) is 32.4 Å². The van der Waals surface area contributed by atoms with E-state index in [1.807, 2.05) is 11.6 Å². The molecule has 5 nitrogen and oxygen atoms in total. The minimum atomic E-state index is 0.0852. The summed E-state index contributed by atoms with van der Waals surface area (Å²) in [6.07, 6.45) is 3.32. The first-order valence-electron chi connectivity index (χ1n) is 4.89. The van der Waals surface area contributed by atoms with Gasteiger partial charge in [-0.3, -0.25) is 4.68 Å². The molecule has 0 spiro atoms. The van der Waals surface area contributed by atoms with Crippen molar-refractivity contribution in [3.63, 3.8) is 0 Å². The Labute approximate surface area is 84.3 Å². The molecule has 0 aromatic carbocycles. The van der Waals surface area contributed by atoms with Gasteiger partial charge in [0, 0.05) is 26.1 Å². The molecule has 80 valence electrons. The van der Waals surface area contributed by atoms with Crippen LogP contribution in [-0.2, 0) is 17.7 Å². The molecule has 0 aliphatic rings. The SMILES string of the molecule is CCn1ncnc1CCC(N)COC. The highest BCUT2D eigenvalue weighted by Gasteiger charge is 2.06. The number of aromatic nitrogens is 3. The van der Waals surface area contributed by atoms with E-state index < -0.39 is 0 Å². The molecule has 1 atom stereocenters. The number of hydrogen-bond donors (Lipinski definition) is 1. The Morgan fingerprint density at radius 2 is 2.43 bits per heavy atom. The van der Waals surface area contributed by atoms with Gasteiger partial charge >= 0.3 is 0 Å². The molecule has 0 saturated heterocycles. The highest BCUT2D eigenvalue weighted by molar-refractivity contribution is 4.85. The van der Waals surface area contributed by atoms with Crippen LogP contribution in [0.3, 0.4) is 0 Å². The summed E-state index contributed by atoms with van der Waals surface area (Å²) in [5.41, 5.74) is 5.81. The number of rotatable bonds is 6. The van der Waals surface area contributed by atoms with Crippen LogP contribution in [0.15, 0.2) is 6.33 Å². The topological polar surface area (TPSA) is 66.0 Å². The molecule has 1 rings (SSSR count). The molecule has 5 heteroatoms. The van der Waals surface area contributed by atoms with Crippen LogP contribution in [0.25, 0.3) is 0 Å². The Balaban J connectivity index is 2.37. The molecule has 0 bridgehead atoms. The van der Waals surface area contributed by atoms with Crippen LogP contribution in [0.2, 0.25) is 0 Å². The highest BCUT2D eigenvalue weighted by Crippen LogP contribution is 2.01. The molecular formula is C9H18N4O. The van der Waals surface area contributed by atoms with Crippen LogP contribution in [0, 0.1) is 0 Å². The van der Waals surface area contributed by atoms with E-state index in [0.717, 1.165) is 25.2 Å². The molecule has 0 fully saturated rings. The minimum Gasteiger partial charge on any atom is -0.383 e. The fraction of sp³-hybridized carbons (Fsp3) is 0.778. The summed E-state index contributed by atoms with van der Waals surface area (Å²) in [5.74, 6) is 0.999. The molecule has 1 unspecified atom stereocenters. The van der Waals surface area contributed by atoms with Gasteiger partial charge in [0.25, 0.3) is 0 Å². The minimum absolute atomic E-state index is 0.0852. The van der Waals surface area contributed by atoms with Crippen molar-refractivity contribution in [1.29, 1.82) is 0 Å². The standard InChI is InChI=1S/C9H18N4O/c1-3-13-9(11-7-12-13)5-4-8(10)6-14-2/h7-8H,3-6,10H2,1-2H3. The Bertz CT molecular complexity index is 261. The second kappa shape index (κ2) is 5.72. The third kappa shape index (κ3) is 3.08. The maximum atomic E-state index is 5.81. The fourth-order valence-corrected chi connectivity index (χ4v) is 1.36. The van der Waals surface area contributed by atoms with Gasteiger partial charge in [-0.1, -0.05) is 0 Å². The lowest BCUT2D eigenvalue weighted by Crippen LogP contribution is -2.26. The summed E-state index contributed by atoms with van der Waals surface area (Å²) in [6, 6.07) is 0.0852. The van der Waals surface area contributed by atoms with Crippen LogP contribution in [-0.4, -0.2) is 34.5 Å². The van der Waals surface area contributed by atoms with Gasteiger partial charge in [-0.25, -0.2) is 4.98 Å². The molecule has 0 saturated carbocycles. The smallest absolute Gasteiger partial charge is 0.138 e. The first kappa shape index (κ1) is 11.1. The van der Waals surface area contributed by atoms with Crippen molar-refractivity contribution in [3.05, 3.63) is 12.2 Å². The number of aryl methyl sites for hydroxylation is 2. The normalized spacial score (nSPS) is 13.1. The highest BCUT2D eigenvalue weighted by atomic mass is 16.5. The quantitative estimate of drug-likeness (QED) is 0.709. The van der Waals surface area contributed by atoms with Gasteiger partial charge in [0.15, 0.2) is 0 Å². The predicted molar refractivity (Wildman–Crippen MR) is 53.9 cm³/mol. The lowest BCUT2D eigenvalue weighted by Gasteiger charge is -2.09. The molecule has 2 N–H and O–H groups in total. The predicted octanol–water partition coefficient (Wildman–Crippen LogP) is 0.204. The summed E-state index contributed by atoms with van der Waals surface area (Å²) < 4.78 is 6.85. The molecule has 1 aromatic heterocycles. The van der Waals surface area contributed by atoms with Crippen LogP contribution < -0.4 is 5.73 Å². The van der Waals surface area contributed by atoms with E-state index in [2.05, 4.69) is 10.1 Å². The molecule has 14 heavy (non-hydrogen) atoms. The van der Waals surface area contributed by atoms with E-state index >= 15 is 0 Å². The van der Waals surface area contributed by atoms with Gasteiger partial charge in [0.2, 0.25) is 0 Å². The van der Waals surface area contributed by atoms with E-state index in [1.54, 1.807) is 13.4 Å². The van der Waals surface area contributed by atoms with Crippen molar-refractivity contribution < 1.29 is 4.74 Å². The van der Waals surface area contributed by atoms with Gasteiger partial charge < -0.3 is 10.5 Å². The summed E-state index contributed by atoms with van der Waals surface area (Å²) >= 11 is 0. The number of methoxy groups -OCH3 is 1. The summed E-state index contributed by atoms with van der Waals surface area (Å²) in [4.78, 5) is 4.17. The van der Waals surface area contributed by atoms with Crippen molar-refractivity contribution in [2.75, 3.05) is 13.7 Å². The molecular weight excluding hydrogens is 180 g/mol. The summed E-state index contributed by atoms with van der Waals surface area (Å²) in [7, 11) is 1.66. The summed E-state index contributed by atoms with van der Waals surface area (Å²) in [5, 5.41) is 4.09. The lowest BCUT2D eigenvalue weighted by atomic mass is 10.2. The van der Waals surface area contributed by atoms with Gasteiger partial charge in [-0.2, -0.15) is 5.10 Å². The van der Waals surface area contributed by atoms with Crippen molar-refractivity contribution in [3.8, 4) is 0 Å². The molecule has 0 radical (unpaired) electrons. The molecule has 1 aromatic rings. The van der Waals surface area contributed by atoms with Gasteiger partial charge in [0.1, 0.15) is 12.2 Å². The third-order valence-electron chi connectivity index (χ3n) is 2.11. The fourth-order valence-electron chi connectivity index (χ4n) is 1.36. The van der Waals surface area contributed by atoms with Gasteiger partial charge in [0.05, 0.1) is 6.61 Å². The second-order valence-corrected chi connectivity index (χ2v) is 3.25. The number of hydrogen-bond acceptors (Lipinski definition) is 4. The molecule has 1 heterocycles. The molecule has 0 aliphatic heterocycles. The Morgan fingerprint density at radius 1 is 1.64 bits per heavy atom. The molecule has 0 aliphatic carbocycles. The van der Waals surface area contributed by atoms with Crippen LogP contribution >= 0.6 is 0 Å². The monoisotopic (exact) mass is 198 g/mol. The largest absolute Gasteiger partial charge is 0.383 e. The zero-order chi connectivity index (χ0) is 10.4. The number of nitrogens with zero attached hydrogens (tertiary/aromatic N) is 3. The average molecular weight is 198 g/mol. The van der Waals surface area contributed by atoms with Crippen LogP contribution in [0.1, 0.15) is 19.2 Å². The van der Waals surface area contributed by atoms with E-state index in [4.69, 9.17) is 10.5 Å². The van der Waals surface area contributed by atoms with Crippen LogP contribution in [0.5, 0.6) is 0 Å². The maximum absolute atomic E-state index is 5.81. The van der Waals surface area contributed by atoms with Crippen LogP contribution in [0.4, 0.5) is 0 Å².